The number of piperazine rings is 1. The summed E-state index contributed by atoms with van der Waals surface area (Å²) in [5.41, 5.74) is 0.947. The van der Waals surface area contributed by atoms with Gasteiger partial charge >= 0.3 is 0 Å². The van der Waals surface area contributed by atoms with E-state index in [1.54, 1.807) is 11.0 Å². The number of amides is 1. The molecule has 1 fully saturated rings. The van der Waals surface area contributed by atoms with Gasteiger partial charge in [0.25, 0.3) is 0 Å². The van der Waals surface area contributed by atoms with Crippen molar-refractivity contribution in [2.45, 2.75) is 6.42 Å². The fourth-order valence-electron chi connectivity index (χ4n) is 2.62. The molecule has 0 saturated carbocycles. The Morgan fingerprint density at radius 3 is 2.50 bits per heavy atom. The third-order valence-electron chi connectivity index (χ3n) is 4.18. The zero-order valence-electron chi connectivity index (χ0n) is 14.1. The summed E-state index contributed by atoms with van der Waals surface area (Å²) in [7, 11) is -1.44. The third kappa shape index (κ3) is 5.73. The molecule has 8 heteroatoms. The van der Waals surface area contributed by atoms with E-state index in [1.807, 2.05) is 25.2 Å². The molecule has 0 aromatic heterocycles. The first-order chi connectivity index (χ1) is 11.3. The lowest BCUT2D eigenvalue weighted by Gasteiger charge is -2.33. The minimum Gasteiger partial charge on any atom is -0.339 e. The van der Waals surface area contributed by atoms with Gasteiger partial charge in [-0.05, 0) is 31.2 Å². The molecule has 1 aromatic rings. The zero-order valence-corrected chi connectivity index (χ0v) is 15.7. The molecule has 1 aliphatic heterocycles. The number of nitrogens with zero attached hydrogens (tertiary/aromatic N) is 3. The van der Waals surface area contributed by atoms with Crippen LogP contribution in [0.4, 0.5) is 0 Å². The quantitative estimate of drug-likeness (QED) is 0.744. The van der Waals surface area contributed by atoms with Gasteiger partial charge in [0.2, 0.25) is 15.9 Å². The van der Waals surface area contributed by atoms with Gasteiger partial charge in [-0.1, -0.05) is 23.7 Å². The van der Waals surface area contributed by atoms with Crippen molar-refractivity contribution in [1.82, 2.24) is 14.1 Å². The maximum absolute atomic E-state index is 12.4. The van der Waals surface area contributed by atoms with Crippen LogP contribution in [0, 0.1) is 0 Å². The highest BCUT2D eigenvalue weighted by atomic mass is 35.5. The normalized spacial score (nSPS) is 16.6. The second-order valence-electron chi connectivity index (χ2n) is 6.16. The summed E-state index contributed by atoms with van der Waals surface area (Å²) in [6.07, 6.45) is 1.66. The number of hydrogen-bond donors (Lipinski definition) is 0. The van der Waals surface area contributed by atoms with Crippen LogP contribution in [0.1, 0.15) is 5.56 Å². The second kappa shape index (κ2) is 8.29. The number of carbonyl (C=O) groups is 1. The molecule has 1 aromatic carbocycles. The molecule has 6 nitrogen and oxygen atoms in total. The van der Waals surface area contributed by atoms with Crippen molar-refractivity contribution in [3.05, 3.63) is 34.9 Å². The monoisotopic (exact) mass is 373 g/mol. The summed E-state index contributed by atoms with van der Waals surface area (Å²) in [5.74, 6) is -0.139. The van der Waals surface area contributed by atoms with Crippen LogP contribution in [0.15, 0.2) is 24.3 Å². The highest BCUT2D eigenvalue weighted by Crippen LogP contribution is 2.12. The van der Waals surface area contributed by atoms with Crippen molar-refractivity contribution in [3.63, 3.8) is 0 Å². The van der Waals surface area contributed by atoms with Crippen LogP contribution in [0.5, 0.6) is 0 Å². The molecule has 0 radical (unpaired) electrons. The number of carbonyl (C=O) groups excluding carboxylic acids is 1. The first-order valence-electron chi connectivity index (χ1n) is 7.91. The molecule has 1 saturated heterocycles. The Morgan fingerprint density at radius 1 is 1.25 bits per heavy atom. The Bertz CT molecular complexity index is 673. The van der Waals surface area contributed by atoms with Gasteiger partial charge in [-0.25, -0.2) is 8.42 Å². The molecule has 0 aliphatic carbocycles. The smallest absolute Gasteiger partial charge is 0.237 e. The van der Waals surface area contributed by atoms with E-state index in [2.05, 4.69) is 4.90 Å². The largest absolute Gasteiger partial charge is 0.339 e. The Kier molecular flexibility index (Phi) is 6.62. The molecular formula is C16H24ClN3O3S. The second-order valence-corrected chi connectivity index (χ2v) is 8.58. The summed E-state index contributed by atoms with van der Waals surface area (Å²) < 4.78 is 25.3. The van der Waals surface area contributed by atoms with Crippen LogP contribution in [0.25, 0.3) is 0 Å². The highest BCUT2D eigenvalue weighted by Gasteiger charge is 2.25. The van der Waals surface area contributed by atoms with Crippen molar-refractivity contribution < 1.29 is 13.2 Å². The Balaban J connectivity index is 1.97. The van der Waals surface area contributed by atoms with Gasteiger partial charge in [0.1, 0.15) is 0 Å². The molecule has 134 valence electrons. The summed E-state index contributed by atoms with van der Waals surface area (Å²) in [6.45, 7) is 3.06. The lowest BCUT2D eigenvalue weighted by Crippen LogP contribution is -2.50. The molecule has 0 atom stereocenters. The van der Waals surface area contributed by atoms with E-state index in [9.17, 15) is 13.2 Å². The van der Waals surface area contributed by atoms with Gasteiger partial charge in [0.15, 0.2) is 0 Å². The van der Waals surface area contributed by atoms with Crippen LogP contribution < -0.4 is 0 Å². The molecule has 2 rings (SSSR count). The third-order valence-corrected chi connectivity index (χ3v) is 5.66. The molecular weight excluding hydrogens is 350 g/mol. The van der Waals surface area contributed by atoms with Gasteiger partial charge in [0.05, 0.1) is 12.8 Å². The van der Waals surface area contributed by atoms with Gasteiger partial charge in [0, 0.05) is 37.7 Å². The van der Waals surface area contributed by atoms with Gasteiger partial charge in [-0.15, -0.1) is 0 Å². The number of benzene rings is 1. The van der Waals surface area contributed by atoms with Crippen molar-refractivity contribution in [2.75, 3.05) is 52.6 Å². The first kappa shape index (κ1) is 19.2. The van der Waals surface area contributed by atoms with Crippen molar-refractivity contribution in [1.29, 1.82) is 0 Å². The minimum atomic E-state index is -3.45. The molecule has 1 aliphatic rings. The SMILES string of the molecule is CN1CCN(C(=O)CN(CCc2cccc(Cl)c2)S(C)(=O)=O)CC1. The average molecular weight is 374 g/mol. The van der Waals surface area contributed by atoms with Crippen molar-refractivity contribution in [2.24, 2.45) is 0 Å². The van der Waals surface area contributed by atoms with Crippen LogP contribution in [0.2, 0.25) is 5.02 Å². The van der Waals surface area contributed by atoms with E-state index in [-0.39, 0.29) is 19.0 Å². The number of likely N-dealkylation sites (N-methyl/N-ethyl adjacent to an activating group) is 1. The van der Waals surface area contributed by atoms with E-state index >= 15 is 0 Å². The fourth-order valence-corrected chi connectivity index (χ4v) is 3.60. The van der Waals surface area contributed by atoms with E-state index in [0.717, 1.165) is 24.9 Å². The van der Waals surface area contributed by atoms with Crippen LogP contribution in [-0.2, 0) is 21.2 Å². The predicted octanol–water partition coefficient (Wildman–Crippen LogP) is 0.918. The van der Waals surface area contributed by atoms with E-state index in [0.29, 0.717) is 24.5 Å². The van der Waals surface area contributed by atoms with Gasteiger partial charge in [-0.3, -0.25) is 4.79 Å². The predicted molar refractivity (Wildman–Crippen MR) is 95.6 cm³/mol. The highest BCUT2D eigenvalue weighted by molar-refractivity contribution is 7.88. The van der Waals surface area contributed by atoms with Crippen LogP contribution in [0.3, 0.4) is 0 Å². The molecule has 1 amide bonds. The lowest BCUT2D eigenvalue weighted by molar-refractivity contribution is -0.132. The maximum atomic E-state index is 12.4. The standard InChI is InChI=1S/C16H24ClN3O3S/c1-18-8-10-19(11-9-18)16(21)13-20(24(2,22)23)7-6-14-4-3-5-15(17)12-14/h3-5,12H,6-11,13H2,1-2H3. The van der Waals surface area contributed by atoms with E-state index < -0.39 is 10.0 Å². The Labute approximate surface area is 149 Å². The molecule has 1 heterocycles. The average Bonchev–Trinajstić information content (AvgIpc) is 2.51. The molecule has 0 unspecified atom stereocenters. The Hall–Kier alpha value is -1.15. The molecule has 24 heavy (non-hydrogen) atoms. The lowest BCUT2D eigenvalue weighted by atomic mass is 10.1. The first-order valence-corrected chi connectivity index (χ1v) is 10.1. The summed E-state index contributed by atoms with van der Waals surface area (Å²) in [4.78, 5) is 16.3. The van der Waals surface area contributed by atoms with Gasteiger partial charge in [-0.2, -0.15) is 4.31 Å². The van der Waals surface area contributed by atoms with Crippen LogP contribution >= 0.6 is 11.6 Å². The summed E-state index contributed by atoms with van der Waals surface area (Å²) in [6, 6.07) is 7.31. The minimum absolute atomic E-state index is 0.108. The maximum Gasteiger partial charge on any atom is 0.237 e. The number of sulfonamides is 1. The zero-order chi connectivity index (χ0) is 17.7. The summed E-state index contributed by atoms with van der Waals surface area (Å²) in [5, 5.41) is 0.618. The van der Waals surface area contributed by atoms with Crippen molar-refractivity contribution >= 4 is 27.5 Å². The summed E-state index contributed by atoms with van der Waals surface area (Å²) >= 11 is 5.95. The number of rotatable bonds is 6. The van der Waals surface area contributed by atoms with E-state index in [4.69, 9.17) is 11.6 Å². The number of hydrogen-bond acceptors (Lipinski definition) is 4. The topological polar surface area (TPSA) is 60.9 Å². The van der Waals surface area contributed by atoms with Crippen molar-refractivity contribution in [3.8, 4) is 0 Å². The fraction of sp³-hybridized carbons (Fsp3) is 0.562. The Morgan fingerprint density at radius 2 is 1.92 bits per heavy atom. The van der Waals surface area contributed by atoms with E-state index in [1.165, 1.54) is 4.31 Å². The molecule has 0 spiro atoms. The van der Waals surface area contributed by atoms with Gasteiger partial charge < -0.3 is 9.80 Å². The molecule has 0 N–H and O–H groups in total. The molecule has 0 bridgehead atoms. The number of halogens is 1. The van der Waals surface area contributed by atoms with Crippen LogP contribution in [-0.4, -0.2) is 81.0 Å².